The monoisotopic (exact) mass is 653 g/mol. The summed E-state index contributed by atoms with van der Waals surface area (Å²) in [5.41, 5.74) is 0.803. The van der Waals surface area contributed by atoms with Crippen LogP contribution in [0.15, 0.2) is 53.7 Å². The van der Waals surface area contributed by atoms with Gasteiger partial charge in [0.2, 0.25) is 5.78 Å². The number of halogens is 5. The molecule has 0 radical (unpaired) electrons. The molecule has 3 aromatic heterocycles. The Hall–Kier alpha value is -3.83. The van der Waals surface area contributed by atoms with E-state index in [1.165, 1.54) is 48.5 Å². The number of thiazole rings is 1. The van der Waals surface area contributed by atoms with E-state index < -0.39 is 62.5 Å². The predicted molar refractivity (Wildman–Crippen MR) is 148 cm³/mol. The van der Waals surface area contributed by atoms with Crippen molar-refractivity contribution in [2.75, 3.05) is 13.2 Å². The van der Waals surface area contributed by atoms with Crippen molar-refractivity contribution < 1.29 is 35.2 Å². The Morgan fingerprint density at radius 3 is 2.57 bits per heavy atom. The summed E-state index contributed by atoms with van der Waals surface area (Å²) in [6.45, 7) is -1.56. The lowest BCUT2D eigenvalue weighted by Crippen LogP contribution is -2.51. The quantitative estimate of drug-likeness (QED) is 0.201. The van der Waals surface area contributed by atoms with Gasteiger partial charge in [-0.15, -0.1) is 16.4 Å². The number of allylic oxidation sites excluding steroid dienone is 1. The minimum absolute atomic E-state index is 0.0169. The molecule has 0 amide bonds. The zero-order chi connectivity index (χ0) is 31.4. The third kappa shape index (κ3) is 5.15. The van der Waals surface area contributed by atoms with Gasteiger partial charge in [-0.3, -0.25) is 9.48 Å². The smallest absolute Gasteiger partial charge is 0.290 e. The van der Waals surface area contributed by atoms with Gasteiger partial charge in [-0.2, -0.15) is 22.6 Å². The molecular weight excluding hydrogens is 629 g/mol. The minimum atomic E-state index is -4.71. The number of hydrogen-bond acceptors (Lipinski definition) is 8. The van der Waals surface area contributed by atoms with Crippen molar-refractivity contribution in [3.05, 3.63) is 75.5 Å². The largest absolute Gasteiger partial charge is 0.427 e. The summed E-state index contributed by atoms with van der Waals surface area (Å²) in [6.07, 6.45) is 0.537. The number of carbonyl (C=O) groups is 1. The Morgan fingerprint density at radius 1 is 1.18 bits per heavy atom. The maximum absolute atomic E-state index is 14.3. The number of nitrogens with zero attached hydrogens (tertiary/aromatic N) is 7. The summed E-state index contributed by atoms with van der Waals surface area (Å²) in [5.74, 6) is -1.13. The topological polar surface area (TPSA) is 116 Å². The van der Waals surface area contributed by atoms with Gasteiger partial charge < -0.3 is 0 Å². The Labute approximate surface area is 251 Å². The number of rotatable bonds is 8. The number of fused-ring (bicyclic) bond motifs is 2. The van der Waals surface area contributed by atoms with E-state index in [1.807, 2.05) is 0 Å². The number of Topliss-reactive ketones (excluding diaryl/α,β-unsaturated/α-hetero) is 1. The lowest BCUT2D eigenvalue weighted by Gasteiger charge is -2.46. The lowest BCUT2D eigenvalue weighted by molar-refractivity contribution is -0.134. The Bertz CT molecular complexity index is 1860. The molecule has 44 heavy (non-hydrogen) atoms. The third-order valence-electron chi connectivity index (χ3n) is 7.95. The average molecular weight is 654 g/mol. The summed E-state index contributed by atoms with van der Waals surface area (Å²) in [7, 11) is -2.92. The highest BCUT2D eigenvalue weighted by Gasteiger charge is 2.52. The van der Waals surface area contributed by atoms with Gasteiger partial charge in [-0.05, 0) is 61.6 Å². The first-order chi connectivity index (χ1) is 20.8. The van der Waals surface area contributed by atoms with E-state index in [9.17, 15) is 35.2 Å². The van der Waals surface area contributed by atoms with Crippen LogP contribution in [-0.2, 0) is 29.7 Å². The van der Waals surface area contributed by atoms with E-state index in [-0.39, 0.29) is 42.0 Å². The highest BCUT2D eigenvalue weighted by Crippen LogP contribution is 2.52. The second-order valence-corrected chi connectivity index (χ2v) is 13.4. The van der Waals surface area contributed by atoms with Crippen molar-refractivity contribution in [1.29, 1.82) is 0 Å². The van der Waals surface area contributed by atoms with Crippen LogP contribution in [0.1, 0.15) is 45.2 Å². The number of carbonyl (C=O) groups excluding carboxylic acids is 1. The van der Waals surface area contributed by atoms with Crippen molar-refractivity contribution in [2.45, 2.75) is 43.1 Å². The summed E-state index contributed by atoms with van der Waals surface area (Å²) >= 11 is 0.218. The molecule has 1 saturated carbocycles. The maximum atomic E-state index is 14.3. The molecule has 232 valence electrons. The molecule has 2 aliphatic rings. The van der Waals surface area contributed by atoms with E-state index in [0.29, 0.717) is 28.7 Å². The van der Waals surface area contributed by atoms with Crippen LogP contribution >= 0.6 is 11.3 Å². The molecule has 0 spiro atoms. The summed E-state index contributed by atoms with van der Waals surface area (Å²) in [5, 5.41) is 7.40. The van der Waals surface area contributed by atoms with E-state index >= 15 is 0 Å². The van der Waals surface area contributed by atoms with Crippen LogP contribution in [-0.4, -0.2) is 67.3 Å². The van der Waals surface area contributed by atoms with E-state index in [0.717, 1.165) is 4.31 Å². The van der Waals surface area contributed by atoms with Gasteiger partial charge in [0.15, 0.2) is 5.01 Å². The van der Waals surface area contributed by atoms with Crippen LogP contribution in [0.25, 0.3) is 11.8 Å². The molecule has 0 saturated heterocycles. The Morgan fingerprint density at radius 2 is 1.93 bits per heavy atom. The normalized spacial score (nSPS) is 20.3. The third-order valence-corrected chi connectivity index (χ3v) is 10.7. The predicted octanol–water partition coefficient (Wildman–Crippen LogP) is 4.64. The van der Waals surface area contributed by atoms with E-state index in [4.69, 9.17) is 0 Å². The number of hydrogen-bond donors (Lipinski definition) is 0. The van der Waals surface area contributed by atoms with Gasteiger partial charge >= 0.3 is 6.18 Å². The number of benzene rings is 1. The molecule has 4 aromatic rings. The first-order valence-corrected chi connectivity index (χ1v) is 15.6. The van der Waals surface area contributed by atoms with E-state index in [1.54, 1.807) is 10.8 Å². The molecule has 10 nitrogen and oxygen atoms in total. The molecule has 0 aliphatic heterocycles. The van der Waals surface area contributed by atoms with Crippen LogP contribution in [0.5, 0.6) is 0 Å². The molecular formula is C27H24F5N7O3S2. The first-order valence-electron chi connectivity index (χ1n) is 13.4. The van der Waals surface area contributed by atoms with Crippen LogP contribution in [0, 0.1) is 11.2 Å². The molecule has 1 aromatic carbocycles. The van der Waals surface area contributed by atoms with Crippen molar-refractivity contribution in [3.8, 4) is 5.69 Å². The van der Waals surface area contributed by atoms with Crippen LogP contribution < -0.4 is 0 Å². The zero-order valence-electron chi connectivity index (χ0n) is 23.0. The molecule has 0 bridgehead atoms. The van der Waals surface area contributed by atoms with Crippen molar-refractivity contribution in [3.63, 3.8) is 0 Å². The van der Waals surface area contributed by atoms with Crippen molar-refractivity contribution in [1.82, 2.24) is 33.8 Å². The fourth-order valence-electron chi connectivity index (χ4n) is 5.96. The summed E-state index contributed by atoms with van der Waals surface area (Å²) < 4.78 is 98.7. The van der Waals surface area contributed by atoms with Gasteiger partial charge in [-0.25, -0.2) is 31.8 Å². The number of ketones is 1. The van der Waals surface area contributed by atoms with Gasteiger partial charge in [0.25, 0.3) is 15.2 Å². The van der Waals surface area contributed by atoms with Gasteiger partial charge in [0, 0.05) is 19.6 Å². The highest BCUT2D eigenvalue weighted by atomic mass is 32.2. The van der Waals surface area contributed by atoms with Crippen LogP contribution in [0.2, 0.25) is 0 Å². The van der Waals surface area contributed by atoms with E-state index in [2.05, 4.69) is 20.2 Å². The Kier molecular flexibility index (Phi) is 7.52. The minimum Gasteiger partial charge on any atom is -0.290 e. The van der Waals surface area contributed by atoms with Crippen molar-refractivity contribution in [2.24, 2.45) is 12.5 Å². The second kappa shape index (κ2) is 11.0. The Balaban J connectivity index is 1.44. The number of sulfonamides is 1. The number of aryl methyl sites for hydroxylation is 1. The highest BCUT2D eigenvalue weighted by molar-refractivity contribution is 7.89. The second-order valence-electron chi connectivity index (χ2n) is 10.6. The number of aromatic nitrogens is 6. The molecule has 2 aliphatic carbocycles. The fraction of sp³-hybridized carbons (Fsp3) is 0.370. The standard InChI is InChI=1S/C27H24F5N7O3S2/c1-37-15-34-25(36-37)44(41,42)38(9-8-28)20-5-2-17-10-21-16(13-35-39(21)19-6-3-18(29)4-7-19)11-26(17,12-20)23(40)24-33-14-22(43-24)27(30,31)32/h3-4,6-7,10,13-15,20H,2,5,8-9,11-12H2,1H3/t20-,26-/m0/s1. The number of alkyl halides is 4. The SMILES string of the molecule is Cn1cnc(S(=O)(=O)N(CCF)[C@H]2CCC3=Cc4c(cnn4-c4ccc(F)cc4)C[C@]3(C(=O)c3ncc(C(F)(F)F)s3)C2)n1. The molecule has 1 fully saturated rings. The van der Waals surface area contributed by atoms with Gasteiger partial charge in [0.1, 0.15) is 23.7 Å². The van der Waals surface area contributed by atoms with Crippen LogP contribution in [0.3, 0.4) is 0 Å². The molecule has 6 rings (SSSR count). The maximum Gasteiger partial charge on any atom is 0.427 e. The van der Waals surface area contributed by atoms with Gasteiger partial charge in [0.05, 0.1) is 29.2 Å². The zero-order valence-corrected chi connectivity index (χ0v) is 24.6. The van der Waals surface area contributed by atoms with Gasteiger partial charge in [-0.1, -0.05) is 5.57 Å². The summed E-state index contributed by atoms with van der Waals surface area (Å²) in [4.78, 5) is 20.9. The molecule has 0 N–H and O–H groups in total. The average Bonchev–Trinajstić information content (AvgIpc) is 3.74. The van der Waals surface area contributed by atoms with Crippen molar-refractivity contribution >= 4 is 33.2 Å². The fourth-order valence-corrected chi connectivity index (χ4v) is 8.28. The molecule has 0 unspecified atom stereocenters. The van der Waals surface area contributed by atoms with Crippen LogP contribution in [0.4, 0.5) is 22.0 Å². The molecule has 17 heteroatoms. The summed E-state index contributed by atoms with van der Waals surface area (Å²) in [6, 6.07) is 4.71. The molecule has 2 atom stereocenters. The lowest BCUT2D eigenvalue weighted by atomic mass is 9.61. The first kappa shape index (κ1) is 30.2. The molecule has 3 heterocycles.